The summed E-state index contributed by atoms with van der Waals surface area (Å²) in [5.74, 6) is 0. The van der Waals surface area contributed by atoms with E-state index in [1.807, 2.05) is 4.72 Å². The molecule has 1 amide bonds. The number of rotatable bonds is 3. The number of H-pyrrole nitrogens is 1. The molecule has 0 fully saturated rings. The number of nitrogens with one attached hydrogen (secondary N) is 2. The number of nitrogens with zero attached hydrogens (tertiary/aromatic N) is 1. The lowest BCUT2D eigenvalue weighted by Gasteiger charge is -2.22. The van der Waals surface area contributed by atoms with Gasteiger partial charge in [0.1, 0.15) is 5.60 Å². The van der Waals surface area contributed by atoms with E-state index in [1.54, 1.807) is 33.0 Å². The fourth-order valence-corrected chi connectivity index (χ4v) is 1.90. The van der Waals surface area contributed by atoms with Crippen LogP contribution in [0.25, 0.3) is 0 Å². The summed E-state index contributed by atoms with van der Waals surface area (Å²) in [6.07, 6.45) is 2.06. The number of ether oxygens (including phenoxy) is 1. The Kier molecular flexibility index (Phi) is 3.90. The monoisotopic (exact) mass is 275 g/mol. The van der Waals surface area contributed by atoms with Crippen LogP contribution in [0.15, 0.2) is 18.5 Å². The van der Waals surface area contributed by atoms with Gasteiger partial charge in [0.2, 0.25) is 0 Å². The zero-order valence-electron chi connectivity index (χ0n) is 10.7. The van der Waals surface area contributed by atoms with Crippen molar-refractivity contribution in [1.82, 2.24) is 9.71 Å². The van der Waals surface area contributed by atoms with Gasteiger partial charge in [-0.3, -0.25) is 4.31 Å². The van der Waals surface area contributed by atoms with Gasteiger partial charge in [0.15, 0.2) is 0 Å². The predicted octanol–water partition coefficient (Wildman–Crippen LogP) is 1.22. The average Bonchev–Trinajstić information content (AvgIpc) is 2.64. The van der Waals surface area contributed by atoms with Gasteiger partial charge in [0.25, 0.3) is 0 Å². The minimum Gasteiger partial charge on any atom is -0.443 e. The molecule has 0 aromatic carbocycles. The van der Waals surface area contributed by atoms with E-state index in [2.05, 4.69) is 4.98 Å². The van der Waals surface area contributed by atoms with E-state index >= 15 is 0 Å². The van der Waals surface area contributed by atoms with E-state index in [1.165, 1.54) is 13.2 Å². The number of anilines is 1. The summed E-state index contributed by atoms with van der Waals surface area (Å²) in [7, 11) is -2.64. The summed E-state index contributed by atoms with van der Waals surface area (Å²) in [4.78, 5) is 14.1. The Hall–Kier alpha value is -1.70. The summed E-state index contributed by atoms with van der Waals surface area (Å²) in [5, 5.41) is 0. The van der Waals surface area contributed by atoms with Crippen LogP contribution in [0.4, 0.5) is 10.5 Å². The first-order valence-corrected chi connectivity index (χ1v) is 6.68. The smallest absolute Gasteiger partial charge is 0.422 e. The molecule has 0 unspecified atom stereocenters. The van der Waals surface area contributed by atoms with Gasteiger partial charge in [-0.05, 0) is 26.8 Å². The van der Waals surface area contributed by atoms with Gasteiger partial charge in [0, 0.05) is 19.4 Å². The molecule has 0 aliphatic heterocycles. The molecule has 18 heavy (non-hydrogen) atoms. The van der Waals surface area contributed by atoms with Gasteiger partial charge in [-0.1, -0.05) is 0 Å². The normalized spacial score (nSPS) is 12.0. The lowest BCUT2D eigenvalue weighted by atomic mass is 10.2. The van der Waals surface area contributed by atoms with Crippen molar-refractivity contribution in [3.63, 3.8) is 0 Å². The molecule has 0 radical (unpaired) electrons. The molecule has 0 aliphatic rings. The highest BCUT2D eigenvalue weighted by molar-refractivity contribution is 7.91. The van der Waals surface area contributed by atoms with Gasteiger partial charge in [0.05, 0.1) is 5.69 Å². The standard InChI is InChI=1S/C10H17N3O4S/c1-10(2,3)17-9(14)12-18(15,16)13(4)8-5-6-11-7-8/h5-7,11H,1-4H3,(H,12,14). The molecule has 102 valence electrons. The minimum absolute atomic E-state index is 0.408. The Labute approximate surface area is 106 Å². The van der Waals surface area contributed by atoms with E-state index in [0.717, 1.165) is 4.31 Å². The van der Waals surface area contributed by atoms with Crippen LogP contribution in [-0.2, 0) is 14.9 Å². The summed E-state index contributed by atoms with van der Waals surface area (Å²) in [5.41, 5.74) is -0.349. The zero-order chi connectivity index (χ0) is 14.0. The number of amides is 1. The van der Waals surface area contributed by atoms with Crippen LogP contribution in [0.1, 0.15) is 20.8 Å². The maximum absolute atomic E-state index is 11.8. The number of aromatic nitrogens is 1. The van der Waals surface area contributed by atoms with E-state index < -0.39 is 21.9 Å². The van der Waals surface area contributed by atoms with Gasteiger partial charge < -0.3 is 9.72 Å². The highest BCUT2D eigenvalue weighted by Gasteiger charge is 2.25. The molecule has 0 saturated carbocycles. The van der Waals surface area contributed by atoms with E-state index in [0.29, 0.717) is 5.69 Å². The summed E-state index contributed by atoms with van der Waals surface area (Å²) >= 11 is 0. The molecule has 1 aromatic heterocycles. The molecule has 1 rings (SSSR count). The van der Waals surface area contributed by atoms with Crippen molar-refractivity contribution in [2.24, 2.45) is 0 Å². The van der Waals surface area contributed by atoms with Crippen molar-refractivity contribution in [1.29, 1.82) is 0 Å². The number of carbonyl (C=O) groups excluding carboxylic acids is 1. The molecule has 1 aromatic rings. The lowest BCUT2D eigenvalue weighted by molar-refractivity contribution is 0.0570. The summed E-state index contributed by atoms with van der Waals surface area (Å²) in [6.45, 7) is 4.94. The number of hydrogen-bond donors (Lipinski definition) is 2. The number of aromatic amines is 1. The Balaban J connectivity index is 2.74. The van der Waals surface area contributed by atoms with Gasteiger partial charge in [-0.2, -0.15) is 8.42 Å². The molecular formula is C10H17N3O4S. The van der Waals surface area contributed by atoms with Crippen molar-refractivity contribution < 1.29 is 17.9 Å². The fourth-order valence-electron chi connectivity index (χ4n) is 1.12. The Morgan fingerprint density at radius 3 is 2.50 bits per heavy atom. The second-order valence-electron chi connectivity index (χ2n) is 4.65. The molecule has 7 nitrogen and oxygen atoms in total. The average molecular weight is 275 g/mol. The maximum atomic E-state index is 11.8. The molecule has 0 atom stereocenters. The zero-order valence-corrected chi connectivity index (χ0v) is 11.5. The van der Waals surface area contributed by atoms with Gasteiger partial charge in [-0.15, -0.1) is 0 Å². The minimum atomic E-state index is -3.97. The fraction of sp³-hybridized carbons (Fsp3) is 0.500. The Bertz CT molecular complexity index is 502. The summed E-state index contributed by atoms with van der Waals surface area (Å²) in [6, 6.07) is 1.56. The third-order valence-corrected chi connectivity index (χ3v) is 3.27. The molecule has 8 heteroatoms. The van der Waals surface area contributed by atoms with Crippen molar-refractivity contribution in [2.75, 3.05) is 11.4 Å². The summed E-state index contributed by atoms with van der Waals surface area (Å²) < 4.78 is 31.3. The van der Waals surface area contributed by atoms with Crippen LogP contribution in [-0.4, -0.2) is 32.1 Å². The Morgan fingerprint density at radius 2 is 2.06 bits per heavy atom. The van der Waals surface area contributed by atoms with E-state index in [9.17, 15) is 13.2 Å². The highest BCUT2D eigenvalue weighted by Crippen LogP contribution is 2.14. The number of carbonyl (C=O) groups is 1. The van der Waals surface area contributed by atoms with Crippen LogP contribution in [0.5, 0.6) is 0 Å². The van der Waals surface area contributed by atoms with Crippen LogP contribution in [0.3, 0.4) is 0 Å². The van der Waals surface area contributed by atoms with Gasteiger partial charge >= 0.3 is 16.3 Å². The molecule has 0 aliphatic carbocycles. The quantitative estimate of drug-likeness (QED) is 0.867. The second-order valence-corrected chi connectivity index (χ2v) is 6.35. The van der Waals surface area contributed by atoms with E-state index in [4.69, 9.17) is 4.74 Å². The SMILES string of the molecule is CN(c1cc[nH]c1)S(=O)(=O)NC(=O)OC(C)(C)C. The third-order valence-electron chi connectivity index (χ3n) is 1.92. The molecule has 0 spiro atoms. The van der Waals surface area contributed by atoms with Crippen molar-refractivity contribution in [2.45, 2.75) is 26.4 Å². The topological polar surface area (TPSA) is 91.5 Å². The van der Waals surface area contributed by atoms with E-state index in [-0.39, 0.29) is 0 Å². The molecule has 0 bridgehead atoms. The molecule has 0 saturated heterocycles. The van der Waals surface area contributed by atoms with Crippen molar-refractivity contribution in [3.8, 4) is 0 Å². The molecular weight excluding hydrogens is 258 g/mol. The Morgan fingerprint density at radius 1 is 1.44 bits per heavy atom. The first kappa shape index (κ1) is 14.4. The highest BCUT2D eigenvalue weighted by atomic mass is 32.2. The van der Waals surface area contributed by atoms with Crippen molar-refractivity contribution in [3.05, 3.63) is 18.5 Å². The van der Waals surface area contributed by atoms with Crippen LogP contribution >= 0.6 is 0 Å². The van der Waals surface area contributed by atoms with Crippen LogP contribution in [0, 0.1) is 0 Å². The second kappa shape index (κ2) is 4.89. The first-order chi connectivity index (χ1) is 8.12. The first-order valence-electron chi connectivity index (χ1n) is 5.24. The largest absolute Gasteiger partial charge is 0.443 e. The van der Waals surface area contributed by atoms with Crippen LogP contribution in [0.2, 0.25) is 0 Å². The predicted molar refractivity (Wildman–Crippen MR) is 67.5 cm³/mol. The maximum Gasteiger partial charge on any atom is 0.422 e. The molecule has 2 N–H and O–H groups in total. The number of hydrogen-bond acceptors (Lipinski definition) is 4. The molecule has 1 heterocycles. The van der Waals surface area contributed by atoms with Gasteiger partial charge in [-0.25, -0.2) is 9.52 Å². The van der Waals surface area contributed by atoms with Crippen molar-refractivity contribution >= 4 is 22.0 Å². The lowest BCUT2D eigenvalue weighted by Crippen LogP contribution is -2.43. The third kappa shape index (κ3) is 3.95. The van der Waals surface area contributed by atoms with Crippen LogP contribution < -0.4 is 9.03 Å².